The highest BCUT2D eigenvalue weighted by molar-refractivity contribution is 9.10. The van der Waals surface area contributed by atoms with Crippen molar-refractivity contribution < 1.29 is 0 Å². The summed E-state index contributed by atoms with van der Waals surface area (Å²) in [6.07, 6.45) is 0. The van der Waals surface area contributed by atoms with Crippen LogP contribution in [0.3, 0.4) is 0 Å². The smallest absolute Gasteiger partial charge is 0.0451 e. The Morgan fingerprint density at radius 3 is 2.87 bits per heavy atom. The lowest BCUT2D eigenvalue weighted by Gasteiger charge is -2.06. The van der Waals surface area contributed by atoms with E-state index in [9.17, 15) is 0 Å². The van der Waals surface area contributed by atoms with Gasteiger partial charge >= 0.3 is 0 Å². The van der Waals surface area contributed by atoms with Gasteiger partial charge in [-0.25, -0.2) is 0 Å². The molecule has 1 N–H and O–H groups in total. The first-order chi connectivity index (χ1) is 7.25. The highest BCUT2D eigenvalue weighted by atomic mass is 79.9. The Labute approximate surface area is 102 Å². The zero-order valence-corrected chi connectivity index (χ0v) is 10.9. The van der Waals surface area contributed by atoms with Crippen LogP contribution in [0, 0.1) is 6.92 Å². The minimum Gasteiger partial charge on any atom is -0.380 e. The molecule has 0 amide bonds. The van der Waals surface area contributed by atoms with Gasteiger partial charge in [-0.15, -0.1) is 0 Å². The van der Waals surface area contributed by atoms with Crippen LogP contribution in [-0.2, 0) is 6.54 Å². The van der Waals surface area contributed by atoms with E-state index in [-0.39, 0.29) is 0 Å². The summed E-state index contributed by atoms with van der Waals surface area (Å²) < 4.78 is 1.17. The van der Waals surface area contributed by atoms with Crippen molar-refractivity contribution in [1.29, 1.82) is 0 Å². The molecule has 2 rings (SSSR count). The fourth-order valence-corrected chi connectivity index (χ4v) is 2.35. The van der Waals surface area contributed by atoms with E-state index < -0.39 is 0 Å². The largest absolute Gasteiger partial charge is 0.380 e. The van der Waals surface area contributed by atoms with Gasteiger partial charge in [0.25, 0.3) is 0 Å². The summed E-state index contributed by atoms with van der Waals surface area (Å²) >= 11 is 5.25. The van der Waals surface area contributed by atoms with Gasteiger partial charge < -0.3 is 5.32 Å². The molecule has 3 heteroatoms. The molecule has 15 heavy (non-hydrogen) atoms. The van der Waals surface area contributed by atoms with Crippen molar-refractivity contribution in [3.05, 3.63) is 50.6 Å². The summed E-state index contributed by atoms with van der Waals surface area (Å²) in [4.78, 5) is 0. The molecule has 2 aromatic rings. The van der Waals surface area contributed by atoms with Crippen LogP contribution < -0.4 is 5.32 Å². The van der Waals surface area contributed by atoms with E-state index in [0.29, 0.717) is 0 Å². The summed E-state index contributed by atoms with van der Waals surface area (Å²) in [5.74, 6) is 0. The number of rotatable bonds is 3. The number of nitrogens with one attached hydrogen (secondary N) is 1. The number of benzene rings is 1. The third-order valence-corrected chi connectivity index (χ3v) is 3.79. The summed E-state index contributed by atoms with van der Waals surface area (Å²) in [7, 11) is 0. The van der Waals surface area contributed by atoms with Crippen molar-refractivity contribution in [1.82, 2.24) is 0 Å². The predicted molar refractivity (Wildman–Crippen MR) is 70.5 cm³/mol. The van der Waals surface area contributed by atoms with Crippen LogP contribution in [0.5, 0.6) is 0 Å². The molecule has 1 aromatic carbocycles. The van der Waals surface area contributed by atoms with Crippen molar-refractivity contribution in [2.45, 2.75) is 13.5 Å². The molecule has 0 aliphatic carbocycles. The number of halogens is 1. The fourth-order valence-electron chi connectivity index (χ4n) is 1.32. The van der Waals surface area contributed by atoms with Crippen molar-refractivity contribution in [2.24, 2.45) is 0 Å². The molecule has 0 bridgehead atoms. The van der Waals surface area contributed by atoms with Crippen molar-refractivity contribution in [2.75, 3.05) is 5.32 Å². The van der Waals surface area contributed by atoms with Crippen molar-refractivity contribution in [3.63, 3.8) is 0 Å². The van der Waals surface area contributed by atoms with Crippen LogP contribution in [0.1, 0.15) is 11.1 Å². The second kappa shape index (κ2) is 4.81. The lowest BCUT2D eigenvalue weighted by molar-refractivity contribution is 1.14. The lowest BCUT2D eigenvalue weighted by atomic mass is 10.1. The monoisotopic (exact) mass is 281 g/mol. The molecule has 1 nitrogen and oxygen atoms in total. The van der Waals surface area contributed by atoms with E-state index in [4.69, 9.17) is 0 Å². The normalized spacial score (nSPS) is 10.3. The van der Waals surface area contributed by atoms with Gasteiger partial charge in [-0.3, -0.25) is 0 Å². The molecule has 78 valence electrons. The summed E-state index contributed by atoms with van der Waals surface area (Å²) in [5, 5.41) is 7.57. The van der Waals surface area contributed by atoms with Crippen LogP contribution in [0.15, 0.2) is 39.5 Å². The molecule has 0 aliphatic heterocycles. The molecule has 1 aromatic heterocycles. The maximum absolute atomic E-state index is 3.54. The Morgan fingerprint density at radius 1 is 1.33 bits per heavy atom. The maximum atomic E-state index is 3.54. The Balaban J connectivity index is 2.02. The zero-order chi connectivity index (χ0) is 10.7. The molecule has 0 saturated heterocycles. The number of aryl methyl sites for hydroxylation is 1. The van der Waals surface area contributed by atoms with Crippen LogP contribution in [0.2, 0.25) is 0 Å². The summed E-state index contributed by atoms with van der Waals surface area (Å²) in [6, 6.07) is 8.54. The van der Waals surface area contributed by atoms with Gasteiger partial charge in [0.05, 0.1) is 0 Å². The third-order valence-electron chi connectivity index (χ3n) is 2.25. The molecule has 1 heterocycles. The first-order valence-electron chi connectivity index (χ1n) is 4.77. The molecule has 0 radical (unpaired) electrons. The Bertz CT molecular complexity index is 437. The van der Waals surface area contributed by atoms with Crippen molar-refractivity contribution >= 4 is 33.0 Å². The number of hydrogen-bond donors (Lipinski definition) is 1. The SMILES string of the molecule is Cc1ccc(CNc2ccsc2)cc1Br. The second-order valence-electron chi connectivity index (χ2n) is 3.45. The van der Waals surface area contributed by atoms with Gasteiger partial charge in [0.2, 0.25) is 0 Å². The van der Waals surface area contributed by atoms with Gasteiger partial charge in [-0.2, -0.15) is 11.3 Å². The van der Waals surface area contributed by atoms with Gasteiger partial charge in [0, 0.05) is 22.1 Å². The average Bonchev–Trinajstić information content (AvgIpc) is 2.73. The highest BCUT2D eigenvalue weighted by Gasteiger charge is 1.97. The second-order valence-corrected chi connectivity index (χ2v) is 5.08. The van der Waals surface area contributed by atoms with E-state index in [1.165, 1.54) is 21.3 Å². The minimum atomic E-state index is 0.871. The fraction of sp³-hybridized carbons (Fsp3) is 0.167. The van der Waals surface area contributed by atoms with E-state index in [1.54, 1.807) is 11.3 Å². The maximum Gasteiger partial charge on any atom is 0.0451 e. The van der Waals surface area contributed by atoms with E-state index >= 15 is 0 Å². The molecular weight excluding hydrogens is 270 g/mol. The number of thiophene rings is 1. The Kier molecular flexibility index (Phi) is 3.44. The predicted octanol–water partition coefficient (Wildman–Crippen LogP) is 4.43. The van der Waals surface area contributed by atoms with E-state index in [1.807, 2.05) is 0 Å². The molecule has 0 spiro atoms. The van der Waals surface area contributed by atoms with Crippen LogP contribution in [0.25, 0.3) is 0 Å². The zero-order valence-electron chi connectivity index (χ0n) is 8.46. The van der Waals surface area contributed by atoms with Gasteiger partial charge in [0.15, 0.2) is 0 Å². The first kappa shape index (κ1) is 10.7. The Hall–Kier alpha value is -0.800. The summed E-state index contributed by atoms with van der Waals surface area (Å²) in [6.45, 7) is 2.97. The molecule has 0 fully saturated rings. The van der Waals surface area contributed by atoms with Crippen LogP contribution in [0.4, 0.5) is 5.69 Å². The lowest BCUT2D eigenvalue weighted by Crippen LogP contribution is -1.98. The standard InChI is InChI=1S/C12H12BrNS/c1-9-2-3-10(6-12(9)13)7-14-11-4-5-15-8-11/h2-6,8,14H,7H2,1H3. The third kappa shape index (κ3) is 2.83. The molecule has 0 atom stereocenters. The average molecular weight is 282 g/mol. The Morgan fingerprint density at radius 2 is 2.20 bits per heavy atom. The number of anilines is 1. The molecule has 0 aliphatic rings. The van der Waals surface area contributed by atoms with E-state index in [0.717, 1.165) is 6.54 Å². The quantitative estimate of drug-likeness (QED) is 0.878. The molecule has 0 saturated carbocycles. The van der Waals surface area contributed by atoms with Gasteiger partial charge in [-0.1, -0.05) is 28.1 Å². The van der Waals surface area contributed by atoms with E-state index in [2.05, 4.69) is 63.2 Å². The van der Waals surface area contributed by atoms with Crippen LogP contribution in [-0.4, -0.2) is 0 Å². The van der Waals surface area contributed by atoms with Gasteiger partial charge in [0.1, 0.15) is 0 Å². The molecule has 0 unspecified atom stereocenters. The topological polar surface area (TPSA) is 12.0 Å². The highest BCUT2D eigenvalue weighted by Crippen LogP contribution is 2.19. The molecular formula is C12H12BrNS. The summed E-state index contributed by atoms with van der Waals surface area (Å²) in [5.41, 5.74) is 3.75. The number of hydrogen-bond acceptors (Lipinski definition) is 2. The van der Waals surface area contributed by atoms with Crippen molar-refractivity contribution in [3.8, 4) is 0 Å². The first-order valence-corrected chi connectivity index (χ1v) is 6.50. The van der Waals surface area contributed by atoms with Gasteiger partial charge in [-0.05, 0) is 35.6 Å². The minimum absolute atomic E-state index is 0.871. The van der Waals surface area contributed by atoms with Crippen LogP contribution >= 0.6 is 27.3 Å².